The monoisotopic (exact) mass is 1610 g/mol. The Morgan fingerprint density at radius 1 is 0.500 bits per heavy atom. The molecule has 0 bridgehead atoms. The Morgan fingerprint density at radius 2 is 0.880 bits per heavy atom. The number of carbonyl (C=O) groups is 1. The van der Waals surface area contributed by atoms with Crippen LogP contribution in [0.25, 0.3) is 0 Å². The molecule has 2 heterocycles. The van der Waals surface area contributed by atoms with E-state index < -0.39 is 215 Å². The quantitative estimate of drug-likeness (QED) is 0.0205. The number of hydrogen-bond acceptors (Lipinski definition) is 22. The van der Waals surface area contributed by atoms with Crippen molar-refractivity contribution in [3.05, 3.63) is 47.5 Å². The highest BCUT2D eigenvalue weighted by atomic mass is 32.2. The molecular formula is C46H43F24N3O22S5-4. The lowest BCUT2D eigenvalue weighted by atomic mass is 9.94. The Labute approximate surface area is 546 Å². The van der Waals surface area contributed by atoms with Crippen molar-refractivity contribution in [3.63, 3.8) is 0 Å². The molecule has 25 nitrogen and oxygen atoms in total. The SMILES string of the molecule is CC(C)(C)OC(=O)Oc1cc(C([O-])=NS(=O)(=O)C(F)(F)C(F)(F)C(C)(F)F)ccc1OS(=O)(=O)C(F)(F)C(F)(F)C(F)(F)S(=O)(=O)[O-].CC(F)(F)C(F)(F)C(F)(F)S(=O)(=O)N=C([O-])C1COC2(CCCCC2)O1.CC1(C)Oc2ccc(C([O-])=NS(=O)(=O)C(F)(F)C(F)(F)C(C)(F)F)cc2O1. The number of benzene rings is 2. The highest BCUT2D eigenvalue weighted by molar-refractivity contribution is 7.92. The maximum Gasteiger partial charge on any atom is 0.514 e. The van der Waals surface area contributed by atoms with Gasteiger partial charge in [-0.05, 0) is 69.0 Å². The molecule has 0 amide bonds. The van der Waals surface area contributed by atoms with Gasteiger partial charge in [0.05, 0.1) is 6.61 Å². The molecule has 1 saturated carbocycles. The molecule has 1 unspecified atom stereocenters. The van der Waals surface area contributed by atoms with Gasteiger partial charge >= 0.3 is 114 Å². The smallest absolute Gasteiger partial charge is 0.514 e. The van der Waals surface area contributed by atoms with Gasteiger partial charge in [0.1, 0.15) is 11.7 Å². The summed E-state index contributed by atoms with van der Waals surface area (Å²) < 4.78 is 486. The summed E-state index contributed by atoms with van der Waals surface area (Å²) >= 11 is 0. The summed E-state index contributed by atoms with van der Waals surface area (Å²) in [4.78, 5) is 12.0. The molecule has 1 aliphatic carbocycles. The molecule has 2 aromatic carbocycles. The number of sulfonamides is 3. The number of rotatable bonds is 22. The third-order valence-corrected chi connectivity index (χ3v) is 18.4. The van der Waals surface area contributed by atoms with E-state index in [4.69, 9.17) is 18.9 Å². The molecule has 0 radical (unpaired) electrons. The van der Waals surface area contributed by atoms with Gasteiger partial charge < -0.3 is 52.5 Å². The average Bonchev–Trinajstić information content (AvgIpc) is 0.883. The van der Waals surface area contributed by atoms with Crippen LogP contribution < -0.4 is 33.7 Å². The number of halogens is 24. The third-order valence-electron chi connectivity index (χ3n) is 12.3. The third kappa shape index (κ3) is 17.2. The van der Waals surface area contributed by atoms with E-state index in [2.05, 4.69) is 22.5 Å². The van der Waals surface area contributed by atoms with Gasteiger partial charge in [-0.3, -0.25) is 0 Å². The van der Waals surface area contributed by atoms with Crippen LogP contribution in [0.2, 0.25) is 0 Å². The van der Waals surface area contributed by atoms with E-state index in [0.29, 0.717) is 25.7 Å². The zero-order valence-corrected chi connectivity index (χ0v) is 54.3. The van der Waals surface area contributed by atoms with Crippen LogP contribution in [0.15, 0.2) is 49.6 Å². The minimum Gasteiger partial charge on any atom is -0.859 e. The van der Waals surface area contributed by atoms with Gasteiger partial charge in [0.25, 0.3) is 0 Å². The molecule has 1 atom stereocenters. The number of fused-ring (bicyclic) bond motifs is 1. The van der Waals surface area contributed by atoms with E-state index in [0.717, 1.165) is 45.4 Å². The van der Waals surface area contributed by atoms with Crippen LogP contribution in [-0.4, -0.2) is 168 Å². The highest BCUT2D eigenvalue weighted by Gasteiger charge is 2.82. The Hall–Kier alpha value is -6.53. The summed E-state index contributed by atoms with van der Waals surface area (Å²) in [5.74, 6) is -55.9. The van der Waals surface area contributed by atoms with Gasteiger partial charge in [0.15, 0.2) is 38.9 Å². The second-order valence-corrected chi connectivity index (χ2v) is 30.0. The fourth-order valence-electron chi connectivity index (χ4n) is 7.11. The maximum absolute atomic E-state index is 14.2. The van der Waals surface area contributed by atoms with Crippen LogP contribution in [0.5, 0.6) is 23.0 Å². The molecule has 0 N–H and O–H groups in total. The Balaban J connectivity index is 0.000000417. The average molecular weight is 1610 g/mol. The van der Waals surface area contributed by atoms with Gasteiger partial charge in [-0.2, -0.15) is 152 Å². The van der Waals surface area contributed by atoms with E-state index in [-0.39, 0.29) is 29.7 Å². The van der Waals surface area contributed by atoms with Crippen molar-refractivity contribution in [3.8, 4) is 23.0 Å². The summed E-state index contributed by atoms with van der Waals surface area (Å²) in [6.07, 6.45) is -0.767. The largest absolute Gasteiger partial charge is 0.859 e. The van der Waals surface area contributed by atoms with Gasteiger partial charge in [-0.1, -0.05) is 18.6 Å². The molecule has 2 aliphatic heterocycles. The predicted octanol–water partition coefficient (Wildman–Crippen LogP) is 7.94. The van der Waals surface area contributed by atoms with Gasteiger partial charge in [0, 0.05) is 65.2 Å². The van der Waals surface area contributed by atoms with Crippen LogP contribution in [0.3, 0.4) is 0 Å². The molecule has 0 aromatic heterocycles. The van der Waals surface area contributed by atoms with Crippen LogP contribution in [0.1, 0.15) is 98.6 Å². The lowest BCUT2D eigenvalue weighted by molar-refractivity contribution is -0.271. The molecule has 2 fully saturated rings. The summed E-state index contributed by atoms with van der Waals surface area (Å²) in [5, 5.41) is 1.69. The van der Waals surface area contributed by atoms with E-state index in [1.54, 1.807) is 4.40 Å². The van der Waals surface area contributed by atoms with Crippen molar-refractivity contribution in [1.82, 2.24) is 0 Å². The van der Waals surface area contributed by atoms with Crippen LogP contribution in [-0.2, 0) is 64.5 Å². The number of carbonyl (C=O) groups excluding carboxylic acids is 1. The molecule has 3 aliphatic rings. The Bertz CT molecular complexity index is 4090. The lowest BCUT2D eigenvalue weighted by Gasteiger charge is -2.32. The zero-order chi connectivity index (χ0) is 78.9. The minimum atomic E-state index is -7.73. The second-order valence-electron chi connectivity index (χ2n) is 22.1. The standard InChI is InChI=1S/C19H17F12NO12S3.C14H13F6NO5S.C13H17F6NO5S/c1-13(2,3)43-12(34)42-10-7-8(11(33)32-45(35,36)17(26,27)15(22,23)14(4,20)21)5-6-9(10)44-47(40,41)19(30,31)16(24,25)18(28,29)46(37,38)39;1-11(2)25-8-5-4-7(6-9(8)26-11)10(22)21-27(23,24)14(19,20)13(17,18)12(3,15)16;1-10(14,15)12(16,17)13(18,19)26(22,23)20-9(21)8-7-24-11(25-8)5-3-2-4-6-11/h5-7H,1-4H3,(H,32,33)(H,37,38,39);4-6H,1-3H3,(H,21,22);8H,2-7H2,1H3,(H,20,21)/p-4. The van der Waals surface area contributed by atoms with Gasteiger partial charge in [0.2, 0.25) is 5.79 Å². The predicted molar refractivity (Wildman–Crippen MR) is 275 cm³/mol. The fourth-order valence-corrected chi connectivity index (χ4v) is 11.4. The van der Waals surface area contributed by atoms with Gasteiger partial charge in [-0.25, -0.2) is 13.2 Å². The maximum atomic E-state index is 14.2. The summed E-state index contributed by atoms with van der Waals surface area (Å²) in [7, 11) is -35.9. The van der Waals surface area contributed by atoms with Crippen LogP contribution in [0.4, 0.5) is 110 Å². The first kappa shape index (κ1) is 87.7. The Kier molecular flexibility index (Phi) is 23.9. The normalized spacial score (nSPS) is 18.7. The topological polar surface area (TPSA) is 382 Å². The summed E-state index contributed by atoms with van der Waals surface area (Å²) in [5.41, 5.74) is -3.80. The minimum absolute atomic E-state index is 0.0596. The van der Waals surface area contributed by atoms with Crippen molar-refractivity contribution in [2.45, 2.75) is 179 Å². The molecule has 54 heteroatoms. The summed E-state index contributed by atoms with van der Waals surface area (Å²) in [6, 6.07) is 2.24. The van der Waals surface area contributed by atoms with Crippen molar-refractivity contribution >= 4 is 74.2 Å². The van der Waals surface area contributed by atoms with Gasteiger partial charge in [-0.15, -0.1) is 0 Å². The van der Waals surface area contributed by atoms with E-state index in [9.17, 15) is 172 Å². The van der Waals surface area contributed by atoms with E-state index in [1.165, 1.54) is 13.8 Å². The van der Waals surface area contributed by atoms with Crippen molar-refractivity contribution in [1.29, 1.82) is 0 Å². The van der Waals surface area contributed by atoms with Crippen LogP contribution >= 0.6 is 0 Å². The number of alkyl halides is 24. The fraction of sp³-hybridized carbons (Fsp3) is 0.652. The zero-order valence-electron chi connectivity index (χ0n) is 50.2. The summed E-state index contributed by atoms with van der Waals surface area (Å²) in [6.45, 7) is 3.78. The molecule has 1 saturated heterocycles. The molecule has 576 valence electrons. The van der Waals surface area contributed by atoms with Crippen molar-refractivity contribution in [2.24, 2.45) is 13.2 Å². The first-order valence-electron chi connectivity index (χ1n) is 25.7. The van der Waals surface area contributed by atoms with E-state index in [1.807, 2.05) is 0 Å². The molecule has 1 spiro atoms. The molecule has 100 heavy (non-hydrogen) atoms. The first-order chi connectivity index (χ1) is 43.9. The molecular weight excluding hydrogens is 1560 g/mol. The van der Waals surface area contributed by atoms with Crippen LogP contribution in [0, 0.1) is 0 Å². The second kappa shape index (κ2) is 27.3. The molecule has 2 aromatic rings. The number of hydrogen-bond donors (Lipinski definition) is 0. The lowest BCUT2D eigenvalue weighted by Crippen LogP contribution is -2.61. The Morgan fingerprint density at radius 3 is 1.27 bits per heavy atom. The highest BCUT2D eigenvalue weighted by Crippen LogP contribution is 2.54. The van der Waals surface area contributed by atoms with E-state index >= 15 is 0 Å². The van der Waals surface area contributed by atoms with Crippen molar-refractivity contribution < 1.29 is 205 Å². The number of nitrogens with zero attached hydrogens (tertiary/aromatic N) is 3. The molecule has 5 rings (SSSR count). The number of ether oxygens (including phenoxy) is 6. The van der Waals surface area contributed by atoms with Crippen molar-refractivity contribution in [2.75, 3.05) is 6.61 Å². The first-order valence-corrected chi connectivity index (χ1v) is 32.9.